The smallest absolute Gasteiger partial charge is 0.0802 e. The second-order valence-electron chi connectivity index (χ2n) is 3.72. The molecule has 1 unspecified atom stereocenters. The van der Waals surface area contributed by atoms with Crippen LogP contribution in [-0.4, -0.2) is 18.2 Å². The van der Waals surface area contributed by atoms with E-state index in [1.54, 1.807) is 0 Å². The van der Waals surface area contributed by atoms with E-state index < -0.39 is 6.10 Å². The molecule has 1 rings (SSSR count). The van der Waals surface area contributed by atoms with Crippen LogP contribution in [0.25, 0.3) is 0 Å². The Morgan fingerprint density at radius 2 is 2.20 bits per heavy atom. The van der Waals surface area contributed by atoms with Crippen molar-refractivity contribution in [3.8, 4) is 0 Å². The second-order valence-corrected chi connectivity index (χ2v) is 3.72. The van der Waals surface area contributed by atoms with Gasteiger partial charge in [-0.05, 0) is 43.6 Å². The summed E-state index contributed by atoms with van der Waals surface area (Å²) >= 11 is 0. The number of hydrogen-bond acceptors (Lipinski definition) is 3. The van der Waals surface area contributed by atoms with Gasteiger partial charge in [-0.1, -0.05) is 19.1 Å². The molecule has 0 spiro atoms. The SMILES string of the molecule is CCCNCCC(O)c1cccc(N)c1. The van der Waals surface area contributed by atoms with Crippen LogP contribution in [0.15, 0.2) is 24.3 Å². The summed E-state index contributed by atoms with van der Waals surface area (Å²) in [5, 5.41) is 13.1. The van der Waals surface area contributed by atoms with Crippen LogP contribution in [0.3, 0.4) is 0 Å². The lowest BCUT2D eigenvalue weighted by molar-refractivity contribution is 0.167. The van der Waals surface area contributed by atoms with Gasteiger partial charge in [-0.3, -0.25) is 0 Å². The van der Waals surface area contributed by atoms with Crippen LogP contribution in [0.5, 0.6) is 0 Å². The van der Waals surface area contributed by atoms with Gasteiger partial charge in [0.15, 0.2) is 0 Å². The molecule has 0 bridgehead atoms. The summed E-state index contributed by atoms with van der Waals surface area (Å²) in [6.07, 6.45) is 1.43. The molecule has 1 aromatic carbocycles. The first-order valence-corrected chi connectivity index (χ1v) is 5.48. The van der Waals surface area contributed by atoms with Gasteiger partial charge in [-0.15, -0.1) is 0 Å². The van der Waals surface area contributed by atoms with Gasteiger partial charge in [-0.25, -0.2) is 0 Å². The van der Waals surface area contributed by atoms with Crippen molar-refractivity contribution < 1.29 is 5.11 Å². The van der Waals surface area contributed by atoms with Crippen LogP contribution < -0.4 is 11.1 Å². The lowest BCUT2D eigenvalue weighted by atomic mass is 10.1. The van der Waals surface area contributed by atoms with Gasteiger partial charge in [0, 0.05) is 5.69 Å². The Balaban J connectivity index is 2.36. The quantitative estimate of drug-likeness (QED) is 0.492. The monoisotopic (exact) mass is 208 g/mol. The van der Waals surface area contributed by atoms with Crippen molar-refractivity contribution in [2.24, 2.45) is 0 Å². The zero-order valence-electron chi connectivity index (χ0n) is 9.24. The highest BCUT2D eigenvalue weighted by Gasteiger charge is 2.06. The Labute approximate surface area is 91.3 Å². The standard InChI is InChI=1S/C12H20N2O/c1-2-7-14-8-6-12(15)10-4-3-5-11(13)9-10/h3-5,9,12,14-15H,2,6-8,13H2,1H3. The van der Waals surface area contributed by atoms with Crippen molar-refractivity contribution in [3.63, 3.8) is 0 Å². The van der Waals surface area contributed by atoms with Crippen molar-refractivity contribution in [2.75, 3.05) is 18.8 Å². The van der Waals surface area contributed by atoms with E-state index in [1.165, 1.54) is 0 Å². The molecule has 0 saturated heterocycles. The van der Waals surface area contributed by atoms with Crippen molar-refractivity contribution in [2.45, 2.75) is 25.9 Å². The Morgan fingerprint density at radius 3 is 2.87 bits per heavy atom. The number of aliphatic hydroxyl groups is 1. The van der Waals surface area contributed by atoms with Crippen molar-refractivity contribution >= 4 is 5.69 Å². The highest BCUT2D eigenvalue weighted by atomic mass is 16.3. The number of nitrogens with two attached hydrogens (primary N) is 1. The van der Waals surface area contributed by atoms with Crippen molar-refractivity contribution in [1.82, 2.24) is 5.32 Å². The van der Waals surface area contributed by atoms with Crippen LogP contribution in [0, 0.1) is 0 Å². The average molecular weight is 208 g/mol. The fourth-order valence-corrected chi connectivity index (χ4v) is 1.47. The van der Waals surface area contributed by atoms with Crippen LogP contribution in [-0.2, 0) is 0 Å². The maximum atomic E-state index is 9.85. The van der Waals surface area contributed by atoms with Gasteiger partial charge >= 0.3 is 0 Å². The summed E-state index contributed by atoms with van der Waals surface area (Å²) < 4.78 is 0. The molecule has 0 fully saturated rings. The van der Waals surface area contributed by atoms with Crippen LogP contribution in [0.4, 0.5) is 5.69 Å². The fraction of sp³-hybridized carbons (Fsp3) is 0.500. The minimum Gasteiger partial charge on any atom is -0.399 e. The fourth-order valence-electron chi connectivity index (χ4n) is 1.47. The zero-order valence-corrected chi connectivity index (χ0v) is 9.24. The van der Waals surface area contributed by atoms with Gasteiger partial charge in [-0.2, -0.15) is 0 Å². The molecular formula is C12H20N2O. The Morgan fingerprint density at radius 1 is 1.40 bits per heavy atom. The molecule has 3 heteroatoms. The van der Waals surface area contributed by atoms with Gasteiger partial charge in [0.2, 0.25) is 0 Å². The summed E-state index contributed by atoms with van der Waals surface area (Å²) in [6, 6.07) is 7.42. The van der Waals surface area contributed by atoms with Crippen LogP contribution in [0.2, 0.25) is 0 Å². The molecule has 0 aliphatic carbocycles. The molecule has 84 valence electrons. The number of nitrogen functional groups attached to an aromatic ring is 1. The number of benzene rings is 1. The first-order chi connectivity index (χ1) is 7.24. The maximum absolute atomic E-state index is 9.85. The zero-order chi connectivity index (χ0) is 11.1. The molecule has 0 radical (unpaired) electrons. The highest BCUT2D eigenvalue weighted by molar-refractivity contribution is 5.41. The van der Waals surface area contributed by atoms with E-state index in [-0.39, 0.29) is 0 Å². The average Bonchev–Trinajstić information content (AvgIpc) is 2.24. The number of rotatable bonds is 6. The second kappa shape index (κ2) is 6.43. The topological polar surface area (TPSA) is 58.3 Å². The third kappa shape index (κ3) is 4.32. The molecule has 15 heavy (non-hydrogen) atoms. The predicted octanol–water partition coefficient (Wildman–Crippen LogP) is 1.69. The third-order valence-corrected chi connectivity index (χ3v) is 2.32. The number of nitrogens with one attached hydrogen (secondary N) is 1. The molecule has 0 heterocycles. The van der Waals surface area contributed by atoms with E-state index in [9.17, 15) is 5.11 Å². The van der Waals surface area contributed by atoms with E-state index in [4.69, 9.17) is 5.73 Å². The minimum atomic E-state index is -0.419. The normalized spacial score (nSPS) is 12.7. The third-order valence-electron chi connectivity index (χ3n) is 2.32. The molecule has 1 atom stereocenters. The van der Waals surface area contributed by atoms with Gasteiger partial charge in [0.1, 0.15) is 0 Å². The van der Waals surface area contributed by atoms with E-state index >= 15 is 0 Å². The Bertz CT molecular complexity index is 289. The maximum Gasteiger partial charge on any atom is 0.0802 e. The number of hydrogen-bond donors (Lipinski definition) is 3. The van der Waals surface area contributed by atoms with Gasteiger partial charge < -0.3 is 16.2 Å². The van der Waals surface area contributed by atoms with Crippen LogP contribution >= 0.6 is 0 Å². The van der Waals surface area contributed by atoms with E-state index in [2.05, 4.69) is 12.2 Å². The lowest BCUT2D eigenvalue weighted by Gasteiger charge is -2.11. The molecule has 4 N–H and O–H groups in total. The molecule has 0 aromatic heterocycles. The molecule has 1 aromatic rings. The summed E-state index contributed by atoms with van der Waals surface area (Å²) in [5.74, 6) is 0. The molecule has 0 amide bonds. The Kier molecular flexibility index (Phi) is 5.15. The number of anilines is 1. The van der Waals surface area contributed by atoms with Crippen molar-refractivity contribution in [1.29, 1.82) is 0 Å². The first kappa shape index (κ1) is 12.0. The Hall–Kier alpha value is -1.06. The molecule has 0 saturated carbocycles. The van der Waals surface area contributed by atoms with Gasteiger partial charge in [0.05, 0.1) is 6.10 Å². The predicted molar refractivity (Wildman–Crippen MR) is 63.6 cm³/mol. The molecule has 0 aliphatic rings. The summed E-state index contributed by atoms with van der Waals surface area (Å²) in [4.78, 5) is 0. The molecule has 0 aliphatic heterocycles. The van der Waals surface area contributed by atoms with Crippen molar-refractivity contribution in [3.05, 3.63) is 29.8 Å². The minimum absolute atomic E-state index is 0.419. The van der Waals surface area contributed by atoms with E-state index in [0.29, 0.717) is 5.69 Å². The summed E-state index contributed by atoms with van der Waals surface area (Å²) in [5.41, 5.74) is 7.24. The largest absolute Gasteiger partial charge is 0.399 e. The van der Waals surface area contributed by atoms with E-state index in [1.807, 2.05) is 24.3 Å². The number of aliphatic hydroxyl groups excluding tert-OH is 1. The molecule has 3 nitrogen and oxygen atoms in total. The van der Waals surface area contributed by atoms with Gasteiger partial charge in [0.25, 0.3) is 0 Å². The summed E-state index contributed by atoms with van der Waals surface area (Å²) in [6.45, 7) is 3.97. The summed E-state index contributed by atoms with van der Waals surface area (Å²) in [7, 11) is 0. The molecular weight excluding hydrogens is 188 g/mol. The van der Waals surface area contributed by atoms with E-state index in [0.717, 1.165) is 31.5 Å². The first-order valence-electron chi connectivity index (χ1n) is 5.48. The highest BCUT2D eigenvalue weighted by Crippen LogP contribution is 2.17. The van der Waals surface area contributed by atoms with Crippen LogP contribution in [0.1, 0.15) is 31.4 Å². The lowest BCUT2D eigenvalue weighted by Crippen LogP contribution is -2.18.